The average Bonchev–Trinajstić information content (AvgIpc) is 2.23. The zero-order valence-electron chi connectivity index (χ0n) is 8.84. The molecule has 1 saturated heterocycles. The second-order valence-corrected chi connectivity index (χ2v) is 3.61. The van der Waals surface area contributed by atoms with E-state index in [0.717, 1.165) is 0 Å². The molecule has 0 saturated carbocycles. The highest BCUT2D eigenvalue weighted by Crippen LogP contribution is 2.09. The smallest absolute Gasteiger partial charge is 0.0462 e. The minimum absolute atomic E-state index is 1.36. The zero-order valence-corrected chi connectivity index (χ0v) is 8.84. The van der Waals surface area contributed by atoms with Crippen LogP contribution in [0.25, 0.3) is 0 Å². The van der Waals surface area contributed by atoms with E-state index >= 15 is 0 Å². The van der Waals surface area contributed by atoms with Gasteiger partial charge in [0.25, 0.3) is 0 Å². The quantitative estimate of drug-likeness (QED) is 0.625. The molecule has 0 aromatic heterocycles. The number of nitriles is 1. The molecule has 0 bridgehead atoms. The van der Waals surface area contributed by atoms with Crippen LogP contribution in [0.15, 0.2) is 0 Å². The maximum Gasteiger partial charge on any atom is 0.0462 e. The summed E-state index contributed by atoms with van der Waals surface area (Å²) in [6.45, 7) is 9.86. The van der Waals surface area contributed by atoms with Crippen molar-refractivity contribution in [3.63, 3.8) is 0 Å². The maximum atomic E-state index is 6.50. The normalized spacial score (nSPS) is 17.5. The highest BCUT2D eigenvalue weighted by atomic mass is 15.1. The predicted octanol–water partition coefficient (Wildman–Crippen LogP) is 2.80. The number of nitrogens with zero attached hydrogens (tertiary/aromatic N) is 2. The van der Waals surface area contributed by atoms with Crippen molar-refractivity contribution in [3.05, 3.63) is 0 Å². The Labute approximate surface area is 82.5 Å². The largest absolute Gasteiger partial charge is 0.303 e. The molecule has 0 unspecified atom stereocenters. The van der Waals surface area contributed by atoms with Crippen molar-refractivity contribution in [2.24, 2.45) is 0 Å². The van der Waals surface area contributed by atoms with E-state index in [0.29, 0.717) is 0 Å². The molecule has 1 aliphatic rings. The Bertz CT molecular complexity index is 115. The van der Waals surface area contributed by atoms with E-state index in [-0.39, 0.29) is 0 Å². The molecule has 76 valence electrons. The number of hydrogen-bond donors (Lipinski definition) is 0. The van der Waals surface area contributed by atoms with Crippen LogP contribution >= 0.6 is 0 Å². The first kappa shape index (κ1) is 12.4. The monoisotopic (exact) mass is 182 g/mol. The number of piperidine rings is 1. The summed E-state index contributed by atoms with van der Waals surface area (Å²) in [5.74, 6) is 0. The predicted molar refractivity (Wildman–Crippen MR) is 56.5 cm³/mol. The first-order valence-electron chi connectivity index (χ1n) is 5.41. The molecular weight excluding hydrogens is 160 g/mol. The van der Waals surface area contributed by atoms with Gasteiger partial charge < -0.3 is 4.90 Å². The van der Waals surface area contributed by atoms with E-state index in [1.54, 1.807) is 0 Å². The van der Waals surface area contributed by atoms with Crippen LogP contribution in [0.2, 0.25) is 0 Å². The van der Waals surface area contributed by atoms with Gasteiger partial charge in [-0.2, -0.15) is 0 Å². The van der Waals surface area contributed by atoms with Gasteiger partial charge >= 0.3 is 0 Å². The number of unbranched alkanes of at least 4 members (excludes halogenated alkanes) is 2. The van der Waals surface area contributed by atoms with Gasteiger partial charge in [0.15, 0.2) is 0 Å². The van der Waals surface area contributed by atoms with Crippen LogP contribution in [-0.4, -0.2) is 24.5 Å². The topological polar surface area (TPSA) is 27.0 Å². The third kappa shape index (κ3) is 6.60. The van der Waals surface area contributed by atoms with Crippen molar-refractivity contribution in [1.82, 2.24) is 4.90 Å². The lowest BCUT2D eigenvalue weighted by Gasteiger charge is -2.26. The first-order valence-corrected chi connectivity index (χ1v) is 5.41. The first-order chi connectivity index (χ1) is 6.43. The SMILES string of the molecule is C#N.CCCCCN1CCCCC1. The molecular formula is C11H22N2. The van der Waals surface area contributed by atoms with E-state index in [9.17, 15) is 0 Å². The third-order valence-corrected chi connectivity index (χ3v) is 2.53. The maximum absolute atomic E-state index is 6.50. The minimum atomic E-state index is 1.36. The lowest BCUT2D eigenvalue weighted by molar-refractivity contribution is 0.224. The van der Waals surface area contributed by atoms with Crippen LogP contribution in [0.5, 0.6) is 0 Å². The molecule has 2 nitrogen and oxygen atoms in total. The third-order valence-electron chi connectivity index (χ3n) is 2.53. The molecule has 0 aliphatic carbocycles. The molecule has 1 fully saturated rings. The van der Waals surface area contributed by atoms with Gasteiger partial charge in [-0.15, -0.1) is 0 Å². The van der Waals surface area contributed by atoms with Crippen molar-refractivity contribution < 1.29 is 0 Å². The number of rotatable bonds is 4. The molecule has 0 spiro atoms. The van der Waals surface area contributed by atoms with Gasteiger partial charge in [-0.05, 0) is 38.9 Å². The molecule has 0 aromatic carbocycles. The van der Waals surface area contributed by atoms with E-state index in [2.05, 4.69) is 18.4 Å². The van der Waals surface area contributed by atoms with Crippen molar-refractivity contribution in [3.8, 4) is 6.57 Å². The van der Waals surface area contributed by atoms with Crippen LogP contribution in [0.3, 0.4) is 0 Å². The summed E-state index contributed by atoms with van der Waals surface area (Å²) in [6, 6.07) is 0. The fourth-order valence-electron chi connectivity index (χ4n) is 1.77. The van der Waals surface area contributed by atoms with Gasteiger partial charge in [0.2, 0.25) is 0 Å². The summed E-state index contributed by atoms with van der Waals surface area (Å²) < 4.78 is 0. The lowest BCUT2D eigenvalue weighted by atomic mass is 10.1. The molecule has 0 radical (unpaired) electrons. The standard InChI is InChI=1S/C10H21N.CHN/c1-2-3-5-8-11-9-6-4-7-10-11;1-2/h2-10H2,1H3;1H. The molecule has 0 amide bonds. The Balaban J connectivity index is 0.000000671. The molecule has 1 aliphatic heterocycles. The second kappa shape index (κ2) is 9.54. The van der Waals surface area contributed by atoms with E-state index in [1.165, 1.54) is 58.2 Å². The Morgan fingerprint density at radius 3 is 2.23 bits per heavy atom. The lowest BCUT2D eigenvalue weighted by Crippen LogP contribution is -2.30. The Morgan fingerprint density at radius 1 is 1.08 bits per heavy atom. The van der Waals surface area contributed by atoms with E-state index in [4.69, 9.17) is 5.26 Å². The van der Waals surface area contributed by atoms with Crippen molar-refractivity contribution >= 4 is 0 Å². The molecule has 0 N–H and O–H groups in total. The number of hydrogen-bond acceptors (Lipinski definition) is 2. The summed E-state index contributed by atoms with van der Waals surface area (Å²) in [5.41, 5.74) is 0. The summed E-state index contributed by atoms with van der Waals surface area (Å²) in [7, 11) is 0. The Hall–Kier alpha value is -0.550. The van der Waals surface area contributed by atoms with Crippen LogP contribution in [0.1, 0.15) is 45.4 Å². The zero-order chi connectivity index (χ0) is 9.94. The van der Waals surface area contributed by atoms with Crippen LogP contribution in [0.4, 0.5) is 0 Å². The summed E-state index contributed by atoms with van der Waals surface area (Å²) in [5, 5.41) is 6.50. The van der Waals surface area contributed by atoms with Crippen LogP contribution < -0.4 is 0 Å². The van der Waals surface area contributed by atoms with Gasteiger partial charge in [0, 0.05) is 6.57 Å². The van der Waals surface area contributed by atoms with Crippen LogP contribution in [-0.2, 0) is 0 Å². The van der Waals surface area contributed by atoms with Gasteiger partial charge in [-0.25, -0.2) is 5.26 Å². The minimum Gasteiger partial charge on any atom is -0.303 e. The van der Waals surface area contributed by atoms with Crippen LogP contribution in [0, 0.1) is 11.8 Å². The Kier molecular flexibility index (Phi) is 9.13. The van der Waals surface area contributed by atoms with Crippen molar-refractivity contribution in [2.75, 3.05) is 19.6 Å². The van der Waals surface area contributed by atoms with Gasteiger partial charge in [0.05, 0.1) is 0 Å². The average molecular weight is 182 g/mol. The fourth-order valence-corrected chi connectivity index (χ4v) is 1.77. The second-order valence-electron chi connectivity index (χ2n) is 3.61. The highest BCUT2D eigenvalue weighted by Gasteiger charge is 2.08. The summed E-state index contributed by atoms with van der Waals surface area (Å²) >= 11 is 0. The summed E-state index contributed by atoms with van der Waals surface area (Å²) in [6.07, 6.45) is 8.52. The van der Waals surface area contributed by atoms with Crippen molar-refractivity contribution in [2.45, 2.75) is 45.4 Å². The fraction of sp³-hybridized carbons (Fsp3) is 0.909. The molecule has 13 heavy (non-hydrogen) atoms. The van der Waals surface area contributed by atoms with Gasteiger partial charge in [0.1, 0.15) is 0 Å². The molecule has 0 atom stereocenters. The molecule has 0 aromatic rings. The molecule has 2 heteroatoms. The van der Waals surface area contributed by atoms with Gasteiger partial charge in [-0.1, -0.05) is 26.2 Å². The van der Waals surface area contributed by atoms with Crippen molar-refractivity contribution in [1.29, 1.82) is 5.26 Å². The van der Waals surface area contributed by atoms with E-state index in [1.807, 2.05) is 0 Å². The summed E-state index contributed by atoms with van der Waals surface area (Å²) in [4.78, 5) is 2.62. The van der Waals surface area contributed by atoms with E-state index < -0.39 is 0 Å². The molecule has 1 rings (SSSR count). The highest BCUT2D eigenvalue weighted by molar-refractivity contribution is 4.63. The molecule has 1 heterocycles. The Morgan fingerprint density at radius 2 is 1.69 bits per heavy atom. The van der Waals surface area contributed by atoms with Gasteiger partial charge in [-0.3, -0.25) is 0 Å². The number of likely N-dealkylation sites (tertiary alicyclic amines) is 1.